The second-order valence-electron chi connectivity index (χ2n) is 5.89. The number of hydrogen-bond acceptors (Lipinski definition) is 5. The first-order valence-corrected chi connectivity index (χ1v) is 10.0. The van der Waals surface area contributed by atoms with E-state index < -0.39 is 10.0 Å². The van der Waals surface area contributed by atoms with Gasteiger partial charge in [-0.25, -0.2) is 13.1 Å². The molecule has 1 aromatic carbocycles. The molecule has 1 aliphatic rings. The van der Waals surface area contributed by atoms with Gasteiger partial charge in [-0.05, 0) is 50.3 Å². The SMILES string of the molecule is CCN(CC)CCCNS(=O)(=O)c1ccc(N2C(=O)CCC2=O)cc1. The van der Waals surface area contributed by atoms with E-state index in [4.69, 9.17) is 0 Å². The lowest BCUT2D eigenvalue weighted by atomic mass is 10.3. The van der Waals surface area contributed by atoms with Crippen LogP contribution in [0.15, 0.2) is 29.2 Å². The van der Waals surface area contributed by atoms with Crippen molar-refractivity contribution >= 4 is 27.5 Å². The van der Waals surface area contributed by atoms with Gasteiger partial charge in [-0.1, -0.05) is 13.8 Å². The lowest BCUT2D eigenvalue weighted by Crippen LogP contribution is -2.30. The zero-order valence-electron chi connectivity index (χ0n) is 14.7. The molecule has 7 nitrogen and oxygen atoms in total. The van der Waals surface area contributed by atoms with Crippen molar-refractivity contribution in [2.24, 2.45) is 0 Å². The van der Waals surface area contributed by atoms with E-state index in [2.05, 4.69) is 23.5 Å². The van der Waals surface area contributed by atoms with Crippen LogP contribution in [-0.4, -0.2) is 51.3 Å². The Labute approximate surface area is 149 Å². The molecule has 1 aromatic rings. The highest BCUT2D eigenvalue weighted by molar-refractivity contribution is 7.89. The Balaban J connectivity index is 1.96. The van der Waals surface area contributed by atoms with Crippen LogP contribution in [-0.2, 0) is 19.6 Å². The maximum Gasteiger partial charge on any atom is 0.240 e. The van der Waals surface area contributed by atoms with E-state index in [-0.39, 0.29) is 29.6 Å². The van der Waals surface area contributed by atoms with E-state index in [1.165, 1.54) is 24.3 Å². The van der Waals surface area contributed by atoms with E-state index in [1.807, 2.05) is 0 Å². The van der Waals surface area contributed by atoms with Crippen LogP contribution in [0.4, 0.5) is 5.69 Å². The Morgan fingerprint density at radius 3 is 2.12 bits per heavy atom. The van der Waals surface area contributed by atoms with Gasteiger partial charge in [0.25, 0.3) is 0 Å². The Morgan fingerprint density at radius 2 is 1.60 bits per heavy atom. The maximum atomic E-state index is 12.3. The monoisotopic (exact) mass is 367 g/mol. The summed E-state index contributed by atoms with van der Waals surface area (Å²) in [7, 11) is -3.60. The number of rotatable bonds is 9. The van der Waals surface area contributed by atoms with Crippen LogP contribution in [0.1, 0.15) is 33.1 Å². The first-order chi connectivity index (χ1) is 11.9. The minimum absolute atomic E-state index is 0.123. The van der Waals surface area contributed by atoms with E-state index in [1.54, 1.807) is 0 Å². The van der Waals surface area contributed by atoms with Crippen molar-refractivity contribution in [3.05, 3.63) is 24.3 Å². The van der Waals surface area contributed by atoms with Crippen LogP contribution in [0.5, 0.6) is 0 Å². The van der Waals surface area contributed by atoms with Crippen molar-refractivity contribution in [2.75, 3.05) is 31.1 Å². The Morgan fingerprint density at radius 1 is 1.04 bits per heavy atom. The van der Waals surface area contributed by atoms with Crippen molar-refractivity contribution in [1.82, 2.24) is 9.62 Å². The fourth-order valence-electron chi connectivity index (χ4n) is 2.77. The predicted octanol–water partition coefficient (Wildman–Crippen LogP) is 1.35. The van der Waals surface area contributed by atoms with Gasteiger partial charge in [0, 0.05) is 19.4 Å². The Bertz CT molecular complexity index is 696. The molecule has 138 valence electrons. The van der Waals surface area contributed by atoms with Gasteiger partial charge < -0.3 is 4.90 Å². The summed E-state index contributed by atoms with van der Waals surface area (Å²) in [5.74, 6) is -0.509. The molecule has 8 heteroatoms. The second-order valence-corrected chi connectivity index (χ2v) is 7.66. The smallest absolute Gasteiger partial charge is 0.240 e. The number of carbonyl (C=O) groups is 2. The molecule has 0 radical (unpaired) electrons. The molecule has 2 rings (SSSR count). The minimum atomic E-state index is -3.60. The quantitative estimate of drug-likeness (QED) is 0.526. The molecule has 0 spiro atoms. The van der Waals surface area contributed by atoms with Gasteiger partial charge in [0.15, 0.2) is 0 Å². The lowest BCUT2D eigenvalue weighted by molar-refractivity contribution is -0.121. The van der Waals surface area contributed by atoms with Crippen molar-refractivity contribution in [3.8, 4) is 0 Å². The third-order valence-corrected chi connectivity index (χ3v) is 5.77. The molecule has 0 unspecified atom stereocenters. The van der Waals surface area contributed by atoms with Crippen LogP contribution in [0.3, 0.4) is 0 Å². The molecule has 1 heterocycles. The van der Waals surface area contributed by atoms with Crippen LogP contribution in [0.25, 0.3) is 0 Å². The number of nitrogens with one attached hydrogen (secondary N) is 1. The van der Waals surface area contributed by atoms with Gasteiger partial charge in [0.2, 0.25) is 21.8 Å². The molecule has 0 atom stereocenters. The molecule has 1 N–H and O–H groups in total. The molecular weight excluding hydrogens is 342 g/mol. The second kappa shape index (κ2) is 8.55. The van der Waals surface area contributed by atoms with E-state index >= 15 is 0 Å². The van der Waals surface area contributed by atoms with E-state index in [0.29, 0.717) is 12.2 Å². The fourth-order valence-corrected chi connectivity index (χ4v) is 3.85. The highest BCUT2D eigenvalue weighted by atomic mass is 32.2. The highest BCUT2D eigenvalue weighted by Crippen LogP contribution is 2.23. The summed E-state index contributed by atoms with van der Waals surface area (Å²) in [6, 6.07) is 5.82. The summed E-state index contributed by atoms with van der Waals surface area (Å²) in [6.07, 6.45) is 1.13. The van der Waals surface area contributed by atoms with Crippen molar-refractivity contribution in [2.45, 2.75) is 38.0 Å². The third-order valence-electron chi connectivity index (χ3n) is 4.29. The largest absolute Gasteiger partial charge is 0.304 e. The van der Waals surface area contributed by atoms with Crippen LogP contribution < -0.4 is 9.62 Å². The molecule has 0 aliphatic carbocycles. The summed E-state index contributed by atoms with van der Waals surface area (Å²) in [4.78, 5) is 26.9. The fraction of sp³-hybridized carbons (Fsp3) is 0.529. The number of hydrogen-bond donors (Lipinski definition) is 1. The normalized spacial score (nSPS) is 15.4. The molecule has 0 bridgehead atoms. The van der Waals surface area contributed by atoms with Crippen LogP contribution in [0, 0.1) is 0 Å². The van der Waals surface area contributed by atoms with E-state index in [0.717, 1.165) is 31.0 Å². The number of nitrogens with zero attached hydrogens (tertiary/aromatic N) is 2. The zero-order chi connectivity index (χ0) is 18.4. The molecular formula is C17H25N3O4S. The van der Waals surface area contributed by atoms with Gasteiger partial charge in [-0.2, -0.15) is 0 Å². The lowest BCUT2D eigenvalue weighted by Gasteiger charge is -2.17. The van der Waals surface area contributed by atoms with Crippen molar-refractivity contribution in [3.63, 3.8) is 0 Å². The molecule has 0 saturated carbocycles. The van der Waals surface area contributed by atoms with Gasteiger partial charge in [-0.15, -0.1) is 0 Å². The summed E-state index contributed by atoms with van der Waals surface area (Å²) >= 11 is 0. The average molecular weight is 367 g/mol. The number of amides is 2. The summed E-state index contributed by atoms with van der Waals surface area (Å²) in [5.41, 5.74) is 0.410. The van der Waals surface area contributed by atoms with Crippen molar-refractivity contribution in [1.29, 1.82) is 0 Å². The highest BCUT2D eigenvalue weighted by Gasteiger charge is 2.30. The zero-order valence-corrected chi connectivity index (χ0v) is 15.5. The molecule has 1 aliphatic heterocycles. The number of anilines is 1. The van der Waals surface area contributed by atoms with Gasteiger partial charge in [0.05, 0.1) is 10.6 Å². The number of benzene rings is 1. The van der Waals surface area contributed by atoms with Crippen molar-refractivity contribution < 1.29 is 18.0 Å². The van der Waals surface area contributed by atoms with E-state index in [9.17, 15) is 18.0 Å². The van der Waals surface area contributed by atoms with Crippen LogP contribution in [0.2, 0.25) is 0 Å². The van der Waals surface area contributed by atoms with Gasteiger partial charge in [-0.3, -0.25) is 14.5 Å². The molecule has 25 heavy (non-hydrogen) atoms. The Kier molecular flexibility index (Phi) is 6.69. The summed E-state index contributed by atoms with van der Waals surface area (Å²) < 4.78 is 27.2. The van der Waals surface area contributed by atoms with Crippen LogP contribution >= 0.6 is 0 Å². The molecule has 1 saturated heterocycles. The number of sulfonamides is 1. The molecule has 2 amide bonds. The average Bonchev–Trinajstić information content (AvgIpc) is 2.94. The van der Waals surface area contributed by atoms with Gasteiger partial charge >= 0.3 is 0 Å². The Hall–Kier alpha value is -1.77. The minimum Gasteiger partial charge on any atom is -0.304 e. The molecule has 0 aromatic heterocycles. The van der Waals surface area contributed by atoms with Gasteiger partial charge in [0.1, 0.15) is 0 Å². The summed E-state index contributed by atoms with van der Waals surface area (Å²) in [5, 5.41) is 0. The maximum absolute atomic E-state index is 12.3. The third kappa shape index (κ3) is 4.87. The first-order valence-electron chi connectivity index (χ1n) is 8.57. The number of carbonyl (C=O) groups excluding carboxylic acids is 2. The molecule has 1 fully saturated rings. The predicted molar refractivity (Wildman–Crippen MR) is 95.8 cm³/mol. The standard InChI is InChI=1S/C17H25N3O4S/c1-3-19(4-2)13-5-12-18-25(23,24)15-8-6-14(7-9-15)20-16(21)10-11-17(20)22/h6-9,18H,3-5,10-13H2,1-2H3. The topological polar surface area (TPSA) is 86.8 Å². The summed E-state index contributed by atoms with van der Waals surface area (Å²) in [6.45, 7) is 7.24. The first kappa shape index (κ1) is 19.6. The number of imide groups is 1.